The van der Waals surface area contributed by atoms with Gasteiger partial charge in [-0.3, -0.25) is 0 Å². The molecule has 4 nitrogen and oxygen atoms in total. The van der Waals surface area contributed by atoms with Gasteiger partial charge in [-0.05, 0) is 19.8 Å². The normalized spacial score (nSPS) is 40.1. The quantitative estimate of drug-likeness (QED) is 0.783. The molecule has 1 amide bonds. The van der Waals surface area contributed by atoms with E-state index in [2.05, 4.69) is 5.32 Å². The summed E-state index contributed by atoms with van der Waals surface area (Å²) in [5.74, 6) is 0. The summed E-state index contributed by atoms with van der Waals surface area (Å²) in [6.45, 7) is 3.64. The van der Waals surface area contributed by atoms with Gasteiger partial charge in [0.25, 0.3) is 0 Å². The summed E-state index contributed by atoms with van der Waals surface area (Å²) in [5, 5.41) is 3.60. The molecule has 3 saturated heterocycles. The Morgan fingerprint density at radius 3 is 2.59 bits per heavy atom. The highest BCUT2D eigenvalue weighted by Gasteiger charge is 2.48. The number of ether oxygens (including phenoxy) is 1. The van der Waals surface area contributed by atoms with Crippen LogP contribution in [0.25, 0.3) is 0 Å². The Labute approximate surface area is 108 Å². The van der Waals surface area contributed by atoms with Crippen molar-refractivity contribution in [3.05, 3.63) is 0 Å². The first-order valence-electron chi connectivity index (χ1n) is 6.45. The highest BCUT2D eigenvalue weighted by Crippen LogP contribution is 2.40. The minimum absolute atomic E-state index is 0. The van der Waals surface area contributed by atoms with Gasteiger partial charge in [0.15, 0.2) is 0 Å². The van der Waals surface area contributed by atoms with Crippen molar-refractivity contribution in [3.63, 3.8) is 0 Å². The number of piperidine rings is 1. The molecular weight excluding hydrogens is 240 g/mol. The van der Waals surface area contributed by atoms with Crippen LogP contribution in [0, 0.1) is 0 Å². The summed E-state index contributed by atoms with van der Waals surface area (Å²) in [6.07, 6.45) is 5.46. The van der Waals surface area contributed by atoms with Crippen LogP contribution >= 0.6 is 12.4 Å². The molecule has 3 fully saturated rings. The van der Waals surface area contributed by atoms with Gasteiger partial charge in [-0.15, -0.1) is 12.4 Å². The van der Waals surface area contributed by atoms with E-state index < -0.39 is 0 Å². The van der Waals surface area contributed by atoms with E-state index in [1.54, 1.807) is 4.90 Å². The largest absolute Gasteiger partial charge is 0.443 e. The molecule has 5 heteroatoms. The number of carbonyl (C=O) groups is 1. The maximum absolute atomic E-state index is 11.8. The number of fused-ring (bicyclic) bond motifs is 2. The van der Waals surface area contributed by atoms with Crippen molar-refractivity contribution < 1.29 is 9.53 Å². The predicted molar refractivity (Wildman–Crippen MR) is 67.5 cm³/mol. The number of nitrogens with one attached hydrogen (secondary N) is 1. The average molecular weight is 261 g/mol. The first kappa shape index (κ1) is 13.0. The minimum atomic E-state index is -0.139. The maximum Gasteiger partial charge on any atom is 0.410 e. The Morgan fingerprint density at radius 1 is 1.41 bits per heavy atom. The van der Waals surface area contributed by atoms with E-state index in [9.17, 15) is 4.79 Å². The van der Waals surface area contributed by atoms with E-state index in [1.165, 1.54) is 12.8 Å². The molecule has 3 aliphatic heterocycles. The SMILES string of the molecule is CCN1CCC2(C[C@H]3CC[C@@H](C2)N3)OC1=O.Cl. The smallest absolute Gasteiger partial charge is 0.410 e. The summed E-state index contributed by atoms with van der Waals surface area (Å²) in [6, 6.07) is 1.17. The molecule has 0 aromatic heterocycles. The molecule has 0 aliphatic carbocycles. The summed E-state index contributed by atoms with van der Waals surface area (Å²) in [7, 11) is 0. The Bertz CT molecular complexity index is 299. The van der Waals surface area contributed by atoms with Crippen molar-refractivity contribution in [1.29, 1.82) is 0 Å². The number of amides is 1. The minimum Gasteiger partial charge on any atom is -0.443 e. The van der Waals surface area contributed by atoms with Crippen molar-refractivity contribution in [1.82, 2.24) is 10.2 Å². The third-order valence-electron chi connectivity index (χ3n) is 4.35. The molecule has 0 radical (unpaired) electrons. The van der Waals surface area contributed by atoms with Crippen LogP contribution < -0.4 is 5.32 Å². The fourth-order valence-electron chi connectivity index (χ4n) is 3.51. The van der Waals surface area contributed by atoms with Crippen LogP contribution in [-0.2, 0) is 4.74 Å². The lowest BCUT2D eigenvalue weighted by molar-refractivity contribution is -0.0733. The van der Waals surface area contributed by atoms with Gasteiger partial charge in [0.2, 0.25) is 0 Å². The van der Waals surface area contributed by atoms with Crippen LogP contribution in [0.2, 0.25) is 0 Å². The topological polar surface area (TPSA) is 41.6 Å². The van der Waals surface area contributed by atoms with Crippen LogP contribution in [0.3, 0.4) is 0 Å². The number of halogens is 1. The highest BCUT2D eigenvalue weighted by atomic mass is 35.5. The van der Waals surface area contributed by atoms with Crippen LogP contribution in [0.1, 0.15) is 39.0 Å². The van der Waals surface area contributed by atoms with Gasteiger partial charge in [-0.2, -0.15) is 0 Å². The van der Waals surface area contributed by atoms with E-state index >= 15 is 0 Å². The van der Waals surface area contributed by atoms with Crippen molar-refractivity contribution in [2.24, 2.45) is 0 Å². The lowest BCUT2D eigenvalue weighted by atomic mass is 9.83. The first-order valence-corrected chi connectivity index (χ1v) is 6.45. The average Bonchev–Trinajstić information content (AvgIpc) is 2.59. The van der Waals surface area contributed by atoms with Gasteiger partial charge in [0.05, 0.1) is 0 Å². The van der Waals surface area contributed by atoms with E-state index in [0.29, 0.717) is 12.1 Å². The van der Waals surface area contributed by atoms with Crippen molar-refractivity contribution in [2.75, 3.05) is 13.1 Å². The zero-order valence-electron chi connectivity index (χ0n) is 10.3. The Balaban J connectivity index is 0.00000108. The summed E-state index contributed by atoms with van der Waals surface area (Å²) < 4.78 is 5.75. The Morgan fingerprint density at radius 2 is 2.06 bits per heavy atom. The van der Waals surface area contributed by atoms with Crippen molar-refractivity contribution in [2.45, 2.75) is 56.7 Å². The van der Waals surface area contributed by atoms with E-state index in [0.717, 1.165) is 32.4 Å². The van der Waals surface area contributed by atoms with Gasteiger partial charge in [-0.25, -0.2) is 4.79 Å². The summed E-state index contributed by atoms with van der Waals surface area (Å²) in [5.41, 5.74) is -0.139. The molecule has 98 valence electrons. The third kappa shape index (κ3) is 2.25. The second-order valence-electron chi connectivity index (χ2n) is 5.43. The van der Waals surface area contributed by atoms with Crippen molar-refractivity contribution >= 4 is 18.5 Å². The lowest BCUT2D eigenvalue weighted by Gasteiger charge is -2.45. The van der Waals surface area contributed by atoms with Gasteiger partial charge < -0.3 is 15.0 Å². The predicted octanol–water partition coefficient (Wildman–Crippen LogP) is 1.92. The third-order valence-corrected chi connectivity index (χ3v) is 4.35. The van der Waals surface area contributed by atoms with Crippen LogP contribution in [0.5, 0.6) is 0 Å². The molecule has 0 aromatic carbocycles. The standard InChI is InChI=1S/C12H20N2O2.ClH/c1-2-14-6-5-12(16-11(14)15)7-9-3-4-10(8-12)13-9;/h9-10,13H,2-8H2,1H3;1H/t9-,10+,12?;. The van der Waals surface area contributed by atoms with Gasteiger partial charge in [0, 0.05) is 44.4 Å². The lowest BCUT2D eigenvalue weighted by Crippen LogP contribution is -2.56. The molecule has 0 aromatic rings. The summed E-state index contributed by atoms with van der Waals surface area (Å²) >= 11 is 0. The second-order valence-corrected chi connectivity index (χ2v) is 5.43. The number of hydrogen-bond donors (Lipinski definition) is 1. The molecule has 1 spiro atoms. The van der Waals surface area contributed by atoms with Crippen LogP contribution in [0.4, 0.5) is 4.79 Å². The van der Waals surface area contributed by atoms with E-state index in [1.807, 2.05) is 6.92 Å². The maximum atomic E-state index is 11.8. The molecule has 3 rings (SSSR count). The number of carbonyl (C=O) groups excluding carboxylic acids is 1. The van der Waals surface area contributed by atoms with Gasteiger partial charge in [-0.1, -0.05) is 0 Å². The van der Waals surface area contributed by atoms with Gasteiger partial charge >= 0.3 is 6.09 Å². The number of rotatable bonds is 1. The van der Waals surface area contributed by atoms with Crippen LogP contribution in [-0.4, -0.2) is 41.8 Å². The number of hydrogen-bond acceptors (Lipinski definition) is 3. The molecule has 1 N–H and O–H groups in total. The zero-order chi connectivity index (χ0) is 11.2. The molecule has 2 bridgehead atoms. The second kappa shape index (κ2) is 4.65. The fraction of sp³-hybridized carbons (Fsp3) is 0.917. The monoisotopic (exact) mass is 260 g/mol. The van der Waals surface area contributed by atoms with E-state index in [-0.39, 0.29) is 24.1 Å². The molecule has 3 atom stereocenters. The fourth-order valence-corrected chi connectivity index (χ4v) is 3.51. The first-order chi connectivity index (χ1) is 7.71. The van der Waals surface area contributed by atoms with Crippen LogP contribution in [0.15, 0.2) is 0 Å². The molecular formula is C12H21ClN2O2. The van der Waals surface area contributed by atoms with Crippen molar-refractivity contribution in [3.8, 4) is 0 Å². The molecule has 3 aliphatic rings. The van der Waals surface area contributed by atoms with Gasteiger partial charge in [0.1, 0.15) is 5.60 Å². The Kier molecular flexibility index (Phi) is 3.55. The Hall–Kier alpha value is -0.480. The molecule has 0 saturated carbocycles. The number of nitrogens with zero attached hydrogens (tertiary/aromatic N) is 1. The molecule has 1 unspecified atom stereocenters. The summed E-state index contributed by atoms with van der Waals surface area (Å²) in [4.78, 5) is 13.6. The highest BCUT2D eigenvalue weighted by molar-refractivity contribution is 5.85. The zero-order valence-corrected chi connectivity index (χ0v) is 11.1. The molecule has 3 heterocycles. The molecule has 17 heavy (non-hydrogen) atoms. The van der Waals surface area contributed by atoms with E-state index in [4.69, 9.17) is 4.74 Å².